The third-order valence-electron chi connectivity index (χ3n) is 3.50. The predicted octanol–water partition coefficient (Wildman–Crippen LogP) is 2.41. The highest BCUT2D eigenvalue weighted by molar-refractivity contribution is 5.85. The Morgan fingerprint density at radius 1 is 1.44 bits per heavy atom. The van der Waals surface area contributed by atoms with Crippen molar-refractivity contribution in [1.82, 2.24) is 10.2 Å². The predicted molar refractivity (Wildman–Crippen MR) is 68.6 cm³/mol. The minimum absolute atomic E-state index is 0.0214. The Labute approximate surface area is 107 Å². The summed E-state index contributed by atoms with van der Waals surface area (Å²) in [5.41, 5.74) is -0.0214. The maximum Gasteiger partial charge on any atom is 0.356 e. The first-order chi connectivity index (χ1) is 8.65. The van der Waals surface area contributed by atoms with Gasteiger partial charge in [0.2, 0.25) is 0 Å². The number of aromatic carboxylic acids is 1. The van der Waals surface area contributed by atoms with Crippen LogP contribution in [0.2, 0.25) is 0 Å². The number of hydrogen-bond acceptors (Lipinski definition) is 4. The van der Waals surface area contributed by atoms with E-state index in [1.54, 1.807) is 6.07 Å². The minimum atomic E-state index is -1.05. The third kappa shape index (κ3) is 3.42. The molecule has 1 aliphatic carbocycles. The zero-order chi connectivity index (χ0) is 13.0. The third-order valence-corrected chi connectivity index (χ3v) is 3.50. The highest BCUT2D eigenvalue weighted by Crippen LogP contribution is 2.28. The molecule has 0 aromatic carbocycles. The summed E-state index contributed by atoms with van der Waals surface area (Å²) in [5.74, 6) is 1.11. The number of carboxylic acids is 1. The second-order valence-electron chi connectivity index (χ2n) is 5.13. The monoisotopic (exact) mass is 249 g/mol. The number of carbonyl (C=O) groups is 1. The lowest BCUT2D eigenvalue weighted by atomic mass is 9.82. The summed E-state index contributed by atoms with van der Waals surface area (Å²) in [7, 11) is 0. The van der Waals surface area contributed by atoms with Crippen LogP contribution in [0.3, 0.4) is 0 Å². The Morgan fingerprint density at radius 2 is 2.28 bits per heavy atom. The van der Waals surface area contributed by atoms with Gasteiger partial charge in [0.1, 0.15) is 5.82 Å². The van der Waals surface area contributed by atoms with Crippen molar-refractivity contribution in [2.75, 3.05) is 11.9 Å². The van der Waals surface area contributed by atoms with Gasteiger partial charge in [0.05, 0.1) is 0 Å². The van der Waals surface area contributed by atoms with Crippen molar-refractivity contribution in [2.24, 2.45) is 11.8 Å². The summed E-state index contributed by atoms with van der Waals surface area (Å²) >= 11 is 0. The van der Waals surface area contributed by atoms with Crippen LogP contribution in [-0.2, 0) is 0 Å². The Hall–Kier alpha value is -1.65. The molecule has 1 aromatic heterocycles. The highest BCUT2D eigenvalue weighted by Gasteiger charge is 2.18. The molecule has 2 atom stereocenters. The number of carboxylic acid groups (broad SMARTS) is 1. The van der Waals surface area contributed by atoms with Gasteiger partial charge < -0.3 is 10.4 Å². The highest BCUT2D eigenvalue weighted by atomic mass is 16.4. The molecule has 0 amide bonds. The summed E-state index contributed by atoms with van der Waals surface area (Å²) < 4.78 is 0. The lowest BCUT2D eigenvalue weighted by molar-refractivity contribution is 0.0689. The normalized spacial score (nSPS) is 23.6. The van der Waals surface area contributed by atoms with Crippen LogP contribution in [-0.4, -0.2) is 27.8 Å². The average Bonchev–Trinajstić information content (AvgIpc) is 2.37. The molecule has 18 heavy (non-hydrogen) atoms. The van der Waals surface area contributed by atoms with Crippen LogP contribution >= 0.6 is 0 Å². The molecule has 5 heteroatoms. The first kappa shape index (κ1) is 12.8. The molecule has 0 radical (unpaired) electrons. The molecule has 2 unspecified atom stereocenters. The van der Waals surface area contributed by atoms with Crippen LogP contribution < -0.4 is 5.32 Å². The zero-order valence-corrected chi connectivity index (χ0v) is 10.6. The van der Waals surface area contributed by atoms with E-state index in [1.165, 1.54) is 31.7 Å². The van der Waals surface area contributed by atoms with E-state index in [0.717, 1.165) is 12.5 Å². The van der Waals surface area contributed by atoms with Crippen molar-refractivity contribution < 1.29 is 9.90 Å². The minimum Gasteiger partial charge on any atom is -0.476 e. The fourth-order valence-electron chi connectivity index (χ4n) is 2.53. The molecule has 1 saturated carbocycles. The molecule has 1 aliphatic rings. The fourth-order valence-corrected chi connectivity index (χ4v) is 2.53. The molecule has 5 nitrogen and oxygen atoms in total. The van der Waals surface area contributed by atoms with Crippen molar-refractivity contribution in [1.29, 1.82) is 0 Å². The average molecular weight is 249 g/mol. The van der Waals surface area contributed by atoms with Crippen LogP contribution in [0.4, 0.5) is 5.82 Å². The van der Waals surface area contributed by atoms with Crippen LogP contribution in [0, 0.1) is 11.8 Å². The molecular formula is C13H19N3O2. The molecule has 98 valence electrons. The Kier molecular flexibility index (Phi) is 4.12. The number of anilines is 1. The smallest absolute Gasteiger partial charge is 0.356 e. The summed E-state index contributed by atoms with van der Waals surface area (Å²) in [6.07, 6.45) is 5.16. The molecule has 2 N–H and O–H groups in total. The SMILES string of the molecule is CC1CCCC(CNc2ccc(C(=O)O)nn2)C1. The summed E-state index contributed by atoms with van der Waals surface area (Å²) in [5, 5.41) is 19.5. The van der Waals surface area contributed by atoms with Gasteiger partial charge in [-0.05, 0) is 36.8 Å². The van der Waals surface area contributed by atoms with Gasteiger partial charge in [-0.2, -0.15) is 0 Å². The van der Waals surface area contributed by atoms with Crippen molar-refractivity contribution >= 4 is 11.8 Å². The Balaban J connectivity index is 1.84. The first-order valence-corrected chi connectivity index (χ1v) is 6.46. The molecule has 1 heterocycles. The second-order valence-corrected chi connectivity index (χ2v) is 5.13. The van der Waals surface area contributed by atoms with E-state index in [-0.39, 0.29) is 5.69 Å². The molecule has 2 rings (SSSR count). The van der Waals surface area contributed by atoms with E-state index in [4.69, 9.17) is 5.11 Å². The van der Waals surface area contributed by atoms with Gasteiger partial charge in [-0.15, -0.1) is 10.2 Å². The van der Waals surface area contributed by atoms with Gasteiger partial charge in [0, 0.05) is 6.54 Å². The first-order valence-electron chi connectivity index (χ1n) is 6.46. The van der Waals surface area contributed by atoms with Gasteiger partial charge in [-0.3, -0.25) is 0 Å². The molecule has 1 fully saturated rings. The summed E-state index contributed by atoms with van der Waals surface area (Å²) in [6, 6.07) is 3.14. The van der Waals surface area contributed by atoms with Gasteiger partial charge >= 0.3 is 5.97 Å². The van der Waals surface area contributed by atoms with Crippen molar-refractivity contribution in [2.45, 2.75) is 32.6 Å². The lowest BCUT2D eigenvalue weighted by Crippen LogP contribution is -2.21. The number of nitrogens with one attached hydrogen (secondary N) is 1. The van der Waals surface area contributed by atoms with Gasteiger partial charge in [0.25, 0.3) is 0 Å². The Bertz CT molecular complexity index is 405. The standard InChI is InChI=1S/C13H19N3O2/c1-9-3-2-4-10(7-9)8-14-12-6-5-11(13(17)18)15-16-12/h5-6,9-10H,2-4,7-8H2,1H3,(H,14,16)(H,17,18). The quantitative estimate of drug-likeness (QED) is 0.857. The van der Waals surface area contributed by atoms with E-state index in [0.29, 0.717) is 11.7 Å². The molecule has 0 bridgehead atoms. The van der Waals surface area contributed by atoms with E-state index < -0.39 is 5.97 Å². The fraction of sp³-hybridized carbons (Fsp3) is 0.615. The van der Waals surface area contributed by atoms with Crippen molar-refractivity contribution in [3.63, 3.8) is 0 Å². The molecule has 1 aromatic rings. The van der Waals surface area contributed by atoms with Crippen LogP contribution in [0.15, 0.2) is 12.1 Å². The van der Waals surface area contributed by atoms with E-state index in [9.17, 15) is 4.79 Å². The van der Waals surface area contributed by atoms with Crippen LogP contribution in [0.1, 0.15) is 43.1 Å². The summed E-state index contributed by atoms with van der Waals surface area (Å²) in [6.45, 7) is 3.19. The van der Waals surface area contributed by atoms with Gasteiger partial charge in [-0.25, -0.2) is 4.79 Å². The molecule has 0 saturated heterocycles. The van der Waals surface area contributed by atoms with E-state index in [1.807, 2.05) is 0 Å². The van der Waals surface area contributed by atoms with Gasteiger partial charge in [-0.1, -0.05) is 19.8 Å². The van der Waals surface area contributed by atoms with Crippen molar-refractivity contribution in [3.8, 4) is 0 Å². The Morgan fingerprint density at radius 3 is 2.89 bits per heavy atom. The number of aromatic nitrogens is 2. The topological polar surface area (TPSA) is 75.1 Å². The molecule has 0 aliphatic heterocycles. The largest absolute Gasteiger partial charge is 0.476 e. The zero-order valence-electron chi connectivity index (χ0n) is 10.6. The van der Waals surface area contributed by atoms with Crippen LogP contribution in [0.5, 0.6) is 0 Å². The van der Waals surface area contributed by atoms with E-state index >= 15 is 0 Å². The maximum atomic E-state index is 10.6. The molecule has 0 spiro atoms. The van der Waals surface area contributed by atoms with Gasteiger partial charge in [0.15, 0.2) is 5.69 Å². The van der Waals surface area contributed by atoms with Crippen molar-refractivity contribution in [3.05, 3.63) is 17.8 Å². The molecular weight excluding hydrogens is 230 g/mol. The number of hydrogen-bond donors (Lipinski definition) is 2. The second kappa shape index (κ2) is 5.80. The summed E-state index contributed by atoms with van der Waals surface area (Å²) in [4.78, 5) is 10.6. The lowest BCUT2D eigenvalue weighted by Gasteiger charge is -2.26. The van der Waals surface area contributed by atoms with E-state index in [2.05, 4.69) is 22.4 Å². The van der Waals surface area contributed by atoms with Crippen LogP contribution in [0.25, 0.3) is 0 Å². The number of rotatable bonds is 4. The number of nitrogens with zero attached hydrogens (tertiary/aromatic N) is 2. The maximum absolute atomic E-state index is 10.6.